The van der Waals surface area contributed by atoms with Gasteiger partial charge in [0.05, 0.1) is 6.10 Å². The van der Waals surface area contributed by atoms with Crippen molar-refractivity contribution in [1.29, 1.82) is 0 Å². The van der Waals surface area contributed by atoms with Crippen molar-refractivity contribution < 1.29 is 24.2 Å². The Morgan fingerprint density at radius 2 is 1.74 bits per heavy atom. The zero-order valence-electron chi connectivity index (χ0n) is 21.6. The standard InChI is InChI=1S/C32H33NO5/c1-20-12-13-24-18-33(27(32(35)36)17-26(24)29(20)37-19-21-8-4-2-5-9-21)31(34)30(22-10-6-3-7-11-22)38-28-15-14-23-16-25(23)28/h2-13,23,25,27-28,30H,14-19H2,1H3,(H,35,36)/t23-,25+,27-,28+,30+/m0/s1. The molecule has 3 aromatic rings. The number of carboxylic acid groups (broad SMARTS) is 1. The topological polar surface area (TPSA) is 76.1 Å². The van der Waals surface area contributed by atoms with Crippen molar-refractivity contribution in [2.75, 3.05) is 0 Å². The minimum absolute atomic E-state index is 0.0511. The molecule has 0 aromatic heterocycles. The Kier molecular flexibility index (Phi) is 6.66. The van der Waals surface area contributed by atoms with Crippen LogP contribution in [-0.2, 0) is 33.9 Å². The molecule has 2 aliphatic carbocycles. The summed E-state index contributed by atoms with van der Waals surface area (Å²) < 4.78 is 12.7. The summed E-state index contributed by atoms with van der Waals surface area (Å²) in [6, 6.07) is 22.4. The first kappa shape index (κ1) is 24.7. The van der Waals surface area contributed by atoms with Gasteiger partial charge in [-0.3, -0.25) is 4.79 Å². The molecule has 2 saturated carbocycles. The highest BCUT2D eigenvalue weighted by atomic mass is 16.5. The highest BCUT2D eigenvalue weighted by Gasteiger charge is 2.50. The maximum atomic E-state index is 14.1. The van der Waals surface area contributed by atoms with Gasteiger partial charge in [-0.1, -0.05) is 72.8 Å². The molecular weight excluding hydrogens is 478 g/mol. The van der Waals surface area contributed by atoms with Crippen molar-refractivity contribution in [3.8, 4) is 5.75 Å². The lowest BCUT2D eigenvalue weighted by Gasteiger charge is -2.38. The Hall–Kier alpha value is -3.64. The third-order valence-corrected chi connectivity index (χ3v) is 8.38. The van der Waals surface area contributed by atoms with Crippen LogP contribution < -0.4 is 4.74 Å². The lowest BCUT2D eigenvalue weighted by molar-refractivity contribution is -0.160. The number of fused-ring (bicyclic) bond motifs is 2. The molecular formula is C32H33NO5. The number of hydrogen-bond acceptors (Lipinski definition) is 4. The second-order valence-corrected chi connectivity index (χ2v) is 10.9. The number of hydrogen-bond donors (Lipinski definition) is 1. The Balaban J connectivity index is 1.29. The number of carbonyl (C=O) groups is 2. The van der Waals surface area contributed by atoms with E-state index in [4.69, 9.17) is 9.47 Å². The molecule has 1 amide bonds. The number of aliphatic carboxylic acids is 1. The lowest BCUT2D eigenvalue weighted by Crippen LogP contribution is -2.51. The fraction of sp³-hybridized carbons (Fsp3) is 0.375. The van der Waals surface area contributed by atoms with Crippen LogP contribution in [0.25, 0.3) is 0 Å². The molecule has 38 heavy (non-hydrogen) atoms. The molecule has 2 fully saturated rings. The van der Waals surface area contributed by atoms with Crippen molar-refractivity contribution in [3.05, 3.63) is 101 Å². The van der Waals surface area contributed by atoms with Crippen LogP contribution >= 0.6 is 0 Å². The summed E-state index contributed by atoms with van der Waals surface area (Å²) in [4.78, 5) is 28.1. The molecule has 5 atom stereocenters. The molecule has 0 saturated heterocycles. The SMILES string of the molecule is Cc1ccc2c(c1OCc1ccccc1)C[C@@H](C(=O)O)N(C(=O)[C@H](O[C@@H]1CC[C@H]3C[C@H]31)c1ccccc1)C2. The van der Waals surface area contributed by atoms with Crippen molar-refractivity contribution in [2.45, 2.75) is 64.0 Å². The molecule has 3 aliphatic rings. The van der Waals surface area contributed by atoms with Crippen molar-refractivity contribution in [2.24, 2.45) is 11.8 Å². The highest BCUT2D eigenvalue weighted by Crippen LogP contribution is 2.54. The monoisotopic (exact) mass is 511 g/mol. The van der Waals surface area contributed by atoms with E-state index >= 15 is 0 Å². The second-order valence-electron chi connectivity index (χ2n) is 10.9. The number of rotatable bonds is 8. The molecule has 1 heterocycles. The number of carboxylic acids is 1. The fourth-order valence-electron chi connectivity index (χ4n) is 6.19. The number of nitrogens with zero attached hydrogens (tertiary/aromatic N) is 1. The molecule has 196 valence electrons. The van der Waals surface area contributed by atoms with Crippen molar-refractivity contribution in [1.82, 2.24) is 4.90 Å². The van der Waals surface area contributed by atoms with Gasteiger partial charge in [-0.05, 0) is 60.3 Å². The molecule has 1 aliphatic heterocycles. The van der Waals surface area contributed by atoms with Crippen LogP contribution in [0.5, 0.6) is 5.75 Å². The molecule has 1 N–H and O–H groups in total. The van der Waals surface area contributed by atoms with Gasteiger partial charge >= 0.3 is 5.97 Å². The van der Waals surface area contributed by atoms with E-state index in [0.717, 1.165) is 46.6 Å². The summed E-state index contributed by atoms with van der Waals surface area (Å²) in [5.41, 5.74) is 4.55. The Bertz CT molecular complexity index is 1320. The van der Waals surface area contributed by atoms with E-state index < -0.39 is 18.1 Å². The minimum atomic E-state index is -1.02. The van der Waals surface area contributed by atoms with Crippen LogP contribution in [0.4, 0.5) is 0 Å². The van der Waals surface area contributed by atoms with Crippen LogP contribution in [0.15, 0.2) is 72.8 Å². The normalized spacial score (nSPS) is 24.3. The fourth-order valence-corrected chi connectivity index (χ4v) is 6.19. The first-order valence-electron chi connectivity index (χ1n) is 13.5. The number of ether oxygens (including phenoxy) is 2. The first-order chi connectivity index (χ1) is 18.5. The minimum Gasteiger partial charge on any atom is -0.488 e. The predicted octanol–water partition coefficient (Wildman–Crippen LogP) is 5.47. The summed E-state index contributed by atoms with van der Waals surface area (Å²) in [5.74, 6) is 0.655. The van der Waals surface area contributed by atoms with Gasteiger partial charge in [-0.2, -0.15) is 0 Å². The summed E-state index contributed by atoms with van der Waals surface area (Å²) in [6.07, 6.45) is 2.69. The van der Waals surface area contributed by atoms with Gasteiger partial charge in [0.1, 0.15) is 18.4 Å². The second kappa shape index (κ2) is 10.3. The summed E-state index contributed by atoms with van der Waals surface area (Å²) in [7, 11) is 0. The molecule has 0 unspecified atom stereocenters. The zero-order valence-corrected chi connectivity index (χ0v) is 21.6. The van der Waals surface area contributed by atoms with Gasteiger partial charge < -0.3 is 19.5 Å². The van der Waals surface area contributed by atoms with E-state index in [-0.39, 0.29) is 25.0 Å². The van der Waals surface area contributed by atoms with Crippen LogP contribution in [-0.4, -0.2) is 34.0 Å². The maximum Gasteiger partial charge on any atom is 0.326 e. The van der Waals surface area contributed by atoms with E-state index in [1.54, 1.807) is 0 Å². The van der Waals surface area contributed by atoms with E-state index in [1.165, 1.54) is 11.3 Å². The van der Waals surface area contributed by atoms with E-state index in [0.29, 0.717) is 18.3 Å². The highest BCUT2D eigenvalue weighted by molar-refractivity contribution is 5.88. The van der Waals surface area contributed by atoms with Crippen LogP contribution in [0.3, 0.4) is 0 Å². The van der Waals surface area contributed by atoms with Crippen LogP contribution in [0.1, 0.15) is 53.2 Å². The average molecular weight is 512 g/mol. The molecule has 6 rings (SSSR count). The number of aryl methyl sites for hydroxylation is 1. The lowest BCUT2D eigenvalue weighted by atomic mass is 9.90. The van der Waals surface area contributed by atoms with Gasteiger partial charge in [-0.15, -0.1) is 0 Å². The average Bonchev–Trinajstić information content (AvgIpc) is 3.62. The third-order valence-electron chi connectivity index (χ3n) is 8.38. The predicted molar refractivity (Wildman–Crippen MR) is 143 cm³/mol. The van der Waals surface area contributed by atoms with Crippen LogP contribution in [0, 0.1) is 18.8 Å². The van der Waals surface area contributed by atoms with Gasteiger partial charge in [0.2, 0.25) is 0 Å². The van der Waals surface area contributed by atoms with E-state index in [1.807, 2.05) is 79.7 Å². The Labute approximate surface area is 223 Å². The molecule has 6 nitrogen and oxygen atoms in total. The van der Waals surface area contributed by atoms with Gasteiger partial charge in [0, 0.05) is 18.5 Å². The molecule has 0 spiro atoms. The smallest absolute Gasteiger partial charge is 0.326 e. The molecule has 0 bridgehead atoms. The number of benzene rings is 3. The van der Waals surface area contributed by atoms with E-state index in [2.05, 4.69) is 0 Å². The first-order valence-corrected chi connectivity index (χ1v) is 13.5. The summed E-state index contributed by atoms with van der Waals surface area (Å²) in [6.45, 7) is 2.57. The Morgan fingerprint density at radius 1 is 1.00 bits per heavy atom. The maximum absolute atomic E-state index is 14.1. The van der Waals surface area contributed by atoms with Gasteiger partial charge in [-0.25, -0.2) is 4.79 Å². The quantitative estimate of drug-likeness (QED) is 0.434. The van der Waals surface area contributed by atoms with Crippen molar-refractivity contribution >= 4 is 11.9 Å². The van der Waals surface area contributed by atoms with Gasteiger partial charge in [0.15, 0.2) is 6.10 Å². The molecule has 0 radical (unpaired) electrons. The molecule has 6 heteroatoms. The zero-order chi connectivity index (χ0) is 26.2. The van der Waals surface area contributed by atoms with Gasteiger partial charge in [0.25, 0.3) is 5.91 Å². The third kappa shape index (κ3) is 4.81. The number of carbonyl (C=O) groups excluding carboxylic acids is 1. The largest absolute Gasteiger partial charge is 0.488 e. The number of amides is 1. The summed E-state index contributed by atoms with van der Waals surface area (Å²) in [5, 5.41) is 10.3. The van der Waals surface area contributed by atoms with Crippen LogP contribution in [0.2, 0.25) is 0 Å². The Morgan fingerprint density at radius 3 is 2.39 bits per heavy atom. The van der Waals surface area contributed by atoms with E-state index in [9.17, 15) is 14.7 Å². The summed E-state index contributed by atoms with van der Waals surface area (Å²) >= 11 is 0. The molecule has 3 aromatic carbocycles. The van der Waals surface area contributed by atoms with Crippen molar-refractivity contribution in [3.63, 3.8) is 0 Å².